The highest BCUT2D eigenvalue weighted by Gasteiger charge is 2.33. The van der Waals surface area contributed by atoms with Crippen LogP contribution in [0.15, 0.2) is 66.7 Å². The first-order valence-electron chi connectivity index (χ1n) is 13.3. The molecule has 0 aliphatic carbocycles. The quantitative estimate of drug-likeness (QED) is 0.149. The van der Waals surface area contributed by atoms with Crippen molar-refractivity contribution in [3.63, 3.8) is 0 Å². The number of carbonyl (C=O) groups is 1. The van der Waals surface area contributed by atoms with E-state index in [2.05, 4.69) is 90.1 Å². The Morgan fingerprint density at radius 2 is 1.58 bits per heavy atom. The zero-order valence-corrected chi connectivity index (χ0v) is 24.2. The molecule has 0 radical (unpaired) electrons. The Morgan fingerprint density at radius 3 is 2.22 bits per heavy atom. The Hall–Kier alpha value is -2.44. The molecule has 0 N–H and O–H groups in total. The monoisotopic (exact) mass is 502 g/mol. The molecule has 36 heavy (non-hydrogen) atoms. The number of hydrogen-bond acceptors (Lipinski definition) is 2. The third-order valence-electron chi connectivity index (χ3n) is 6.96. The van der Waals surface area contributed by atoms with Crippen LogP contribution in [0.1, 0.15) is 99.8 Å². The molecule has 3 aromatic carbocycles. The van der Waals surface area contributed by atoms with Crippen molar-refractivity contribution in [3.05, 3.63) is 94.5 Å². The van der Waals surface area contributed by atoms with E-state index in [1.54, 1.807) is 6.92 Å². The lowest BCUT2D eigenvalue weighted by Gasteiger charge is -2.35. The average molecular weight is 503 g/mol. The average Bonchev–Trinajstić information content (AvgIpc) is 2.83. The standard InChI is InChI=1S/C33H43O2P/c1-8-9-15-20-33(7,36-30-19-14-13-18-28(30)25(3)34)29-22-27(32(4,5)6)21-24(2)31(29)35-23-26-16-11-10-12-17-26/h10-14,16-19,21-22,36H,8-9,15,20,23H2,1-7H3. The molecule has 0 aromatic heterocycles. The van der Waals surface area contributed by atoms with Crippen molar-refractivity contribution in [2.75, 3.05) is 0 Å². The van der Waals surface area contributed by atoms with Crippen molar-refractivity contribution < 1.29 is 9.53 Å². The minimum absolute atomic E-state index is 0.0300. The van der Waals surface area contributed by atoms with Crippen LogP contribution in [0.4, 0.5) is 0 Å². The lowest BCUT2D eigenvalue weighted by Crippen LogP contribution is -2.24. The fraction of sp³-hybridized carbons (Fsp3) is 0.424. The van der Waals surface area contributed by atoms with Gasteiger partial charge in [-0.25, -0.2) is 0 Å². The van der Waals surface area contributed by atoms with Crippen molar-refractivity contribution >= 4 is 19.7 Å². The van der Waals surface area contributed by atoms with E-state index in [0.29, 0.717) is 15.2 Å². The number of carbonyl (C=O) groups excluding carboxylic acids is 1. The molecule has 0 spiro atoms. The molecule has 0 aliphatic rings. The predicted molar refractivity (Wildman–Crippen MR) is 157 cm³/mol. The molecule has 2 nitrogen and oxygen atoms in total. The number of ether oxygens (including phenoxy) is 1. The molecular formula is C33H43O2P. The van der Waals surface area contributed by atoms with Gasteiger partial charge >= 0.3 is 0 Å². The maximum absolute atomic E-state index is 12.5. The normalized spacial score (nSPS) is 13.6. The van der Waals surface area contributed by atoms with Crippen LogP contribution >= 0.6 is 8.58 Å². The van der Waals surface area contributed by atoms with Crippen LogP contribution in [0, 0.1) is 6.92 Å². The van der Waals surface area contributed by atoms with Gasteiger partial charge in [0, 0.05) is 16.3 Å². The molecule has 0 heterocycles. The van der Waals surface area contributed by atoms with E-state index in [0.717, 1.165) is 29.5 Å². The summed E-state index contributed by atoms with van der Waals surface area (Å²) < 4.78 is 6.63. The van der Waals surface area contributed by atoms with Crippen molar-refractivity contribution in [1.29, 1.82) is 0 Å². The van der Waals surface area contributed by atoms with Crippen LogP contribution in [0.3, 0.4) is 0 Å². The summed E-state index contributed by atoms with van der Waals surface area (Å²) in [6.07, 6.45) is 4.59. The maximum Gasteiger partial charge on any atom is 0.160 e. The summed E-state index contributed by atoms with van der Waals surface area (Å²) in [5.74, 6) is 1.13. The van der Waals surface area contributed by atoms with Gasteiger partial charge in [-0.15, -0.1) is 0 Å². The van der Waals surface area contributed by atoms with Gasteiger partial charge in [-0.3, -0.25) is 4.79 Å². The second-order valence-corrected chi connectivity index (χ2v) is 13.1. The Kier molecular flexibility index (Phi) is 9.53. The Balaban J connectivity index is 2.15. The van der Waals surface area contributed by atoms with Gasteiger partial charge in [0.15, 0.2) is 5.78 Å². The SMILES string of the molecule is CCCCCC(C)(Pc1ccccc1C(C)=O)c1cc(C(C)(C)C)cc(C)c1OCc1ccccc1. The summed E-state index contributed by atoms with van der Waals surface area (Å²) in [5.41, 5.74) is 5.82. The zero-order valence-electron chi connectivity index (χ0n) is 23.2. The second kappa shape index (κ2) is 12.2. The van der Waals surface area contributed by atoms with Gasteiger partial charge in [-0.05, 0) is 47.7 Å². The lowest BCUT2D eigenvalue weighted by atomic mass is 9.82. The van der Waals surface area contributed by atoms with E-state index in [1.165, 1.54) is 35.1 Å². The highest BCUT2D eigenvalue weighted by atomic mass is 31.1. The van der Waals surface area contributed by atoms with Crippen LogP contribution in [-0.2, 0) is 17.2 Å². The molecule has 3 aromatic rings. The first kappa shape index (κ1) is 28.1. The Bertz CT molecular complexity index is 1160. The summed E-state index contributed by atoms with van der Waals surface area (Å²) in [7, 11) is 0.471. The third-order valence-corrected chi connectivity index (χ3v) is 8.73. The maximum atomic E-state index is 12.5. The lowest BCUT2D eigenvalue weighted by molar-refractivity contribution is 0.101. The number of hydrogen-bond donors (Lipinski definition) is 0. The van der Waals surface area contributed by atoms with Crippen molar-refractivity contribution in [2.24, 2.45) is 0 Å². The van der Waals surface area contributed by atoms with E-state index < -0.39 is 0 Å². The van der Waals surface area contributed by atoms with Crippen LogP contribution < -0.4 is 10.0 Å². The molecule has 2 atom stereocenters. The smallest absolute Gasteiger partial charge is 0.160 e. The van der Waals surface area contributed by atoms with Crippen LogP contribution in [0.2, 0.25) is 0 Å². The first-order valence-corrected chi connectivity index (χ1v) is 14.3. The van der Waals surface area contributed by atoms with Gasteiger partial charge in [0.1, 0.15) is 12.4 Å². The molecule has 0 saturated carbocycles. The molecule has 0 bridgehead atoms. The van der Waals surface area contributed by atoms with Gasteiger partial charge in [-0.2, -0.15) is 0 Å². The minimum Gasteiger partial charge on any atom is -0.488 e. The highest BCUT2D eigenvalue weighted by molar-refractivity contribution is 7.48. The summed E-state index contributed by atoms with van der Waals surface area (Å²) in [5, 5.41) is 1.01. The number of rotatable bonds is 11. The largest absolute Gasteiger partial charge is 0.488 e. The van der Waals surface area contributed by atoms with E-state index in [-0.39, 0.29) is 16.4 Å². The molecule has 3 heteroatoms. The fourth-order valence-electron chi connectivity index (χ4n) is 4.73. The van der Waals surface area contributed by atoms with Crippen LogP contribution in [0.25, 0.3) is 0 Å². The summed E-state index contributed by atoms with van der Waals surface area (Å²) in [4.78, 5) is 12.5. The Morgan fingerprint density at radius 1 is 0.917 bits per heavy atom. The number of ketones is 1. The van der Waals surface area contributed by atoms with Crippen molar-refractivity contribution in [3.8, 4) is 5.75 Å². The first-order chi connectivity index (χ1) is 17.0. The highest BCUT2D eigenvalue weighted by Crippen LogP contribution is 2.50. The molecule has 0 fully saturated rings. The molecule has 0 amide bonds. The van der Waals surface area contributed by atoms with E-state index in [4.69, 9.17) is 4.74 Å². The Labute approximate surface area is 220 Å². The van der Waals surface area contributed by atoms with Gasteiger partial charge in [-0.1, -0.05) is 129 Å². The number of aryl methyl sites for hydroxylation is 1. The molecule has 192 valence electrons. The fourth-order valence-corrected chi connectivity index (χ4v) is 6.52. The molecular weight excluding hydrogens is 459 g/mol. The van der Waals surface area contributed by atoms with E-state index >= 15 is 0 Å². The molecule has 3 rings (SSSR count). The molecule has 2 unspecified atom stereocenters. The summed E-state index contributed by atoms with van der Waals surface area (Å²) in [6, 6.07) is 23.2. The zero-order chi connectivity index (χ0) is 26.3. The second-order valence-electron chi connectivity index (χ2n) is 11.2. The van der Waals surface area contributed by atoms with Crippen molar-refractivity contribution in [1.82, 2.24) is 0 Å². The van der Waals surface area contributed by atoms with E-state index in [1.807, 2.05) is 18.2 Å². The minimum atomic E-state index is -0.140. The number of benzene rings is 3. The molecule has 0 aliphatic heterocycles. The summed E-state index contributed by atoms with van der Waals surface area (Å²) >= 11 is 0. The van der Waals surface area contributed by atoms with Gasteiger partial charge in [0.25, 0.3) is 0 Å². The summed E-state index contributed by atoms with van der Waals surface area (Å²) in [6.45, 7) is 15.9. The van der Waals surface area contributed by atoms with Gasteiger partial charge in [0.05, 0.1) is 0 Å². The van der Waals surface area contributed by atoms with Gasteiger partial charge in [0.2, 0.25) is 0 Å². The van der Waals surface area contributed by atoms with Crippen LogP contribution in [0.5, 0.6) is 5.75 Å². The third kappa shape index (κ3) is 7.07. The number of Topliss-reactive ketones (excluding diaryl/α,β-unsaturated/α-hetero) is 1. The van der Waals surface area contributed by atoms with Gasteiger partial charge < -0.3 is 4.74 Å². The van der Waals surface area contributed by atoms with Crippen LogP contribution in [-0.4, -0.2) is 5.78 Å². The molecule has 0 saturated heterocycles. The van der Waals surface area contributed by atoms with Crippen molar-refractivity contribution in [2.45, 2.75) is 91.3 Å². The number of unbranched alkanes of at least 4 members (excludes halogenated alkanes) is 2. The topological polar surface area (TPSA) is 26.3 Å². The van der Waals surface area contributed by atoms with E-state index in [9.17, 15) is 4.79 Å². The predicted octanol–water partition coefficient (Wildman–Crippen LogP) is 8.87.